The Bertz CT molecular complexity index is 454. The second-order valence-corrected chi connectivity index (χ2v) is 5.96. The van der Waals surface area contributed by atoms with Crippen molar-refractivity contribution >= 4 is 18.3 Å². The molecule has 2 unspecified atom stereocenters. The van der Waals surface area contributed by atoms with E-state index in [1.165, 1.54) is 13.0 Å². The first-order valence-electron chi connectivity index (χ1n) is 7.55. The molecule has 1 aromatic rings. The van der Waals surface area contributed by atoms with Crippen molar-refractivity contribution in [3.8, 4) is 0 Å². The maximum atomic E-state index is 12.0. The number of nitrogens with zero attached hydrogens (tertiary/aromatic N) is 1. The van der Waals surface area contributed by atoms with Gasteiger partial charge in [-0.3, -0.25) is 9.69 Å². The average molecular weight is 310 g/mol. The summed E-state index contributed by atoms with van der Waals surface area (Å²) in [4.78, 5) is 14.3. The minimum absolute atomic E-state index is 0. The van der Waals surface area contributed by atoms with Crippen LogP contribution in [0.3, 0.4) is 0 Å². The summed E-state index contributed by atoms with van der Waals surface area (Å²) in [5.74, 6) is 1.71. The number of carbonyl (C=O) groups excluding carboxylic acids is 1. The third-order valence-electron chi connectivity index (χ3n) is 4.49. The summed E-state index contributed by atoms with van der Waals surface area (Å²) < 4.78 is 0. The molecule has 2 atom stereocenters. The van der Waals surface area contributed by atoms with Gasteiger partial charge in [0.05, 0.1) is 6.54 Å². The monoisotopic (exact) mass is 309 g/mol. The zero-order valence-corrected chi connectivity index (χ0v) is 13.1. The molecule has 21 heavy (non-hydrogen) atoms. The quantitative estimate of drug-likeness (QED) is 0.880. The fourth-order valence-corrected chi connectivity index (χ4v) is 3.31. The molecule has 2 N–H and O–H groups in total. The molecule has 2 aliphatic rings. The summed E-state index contributed by atoms with van der Waals surface area (Å²) in [7, 11) is 0. The molecule has 2 aliphatic heterocycles. The topological polar surface area (TPSA) is 44.4 Å². The highest BCUT2D eigenvalue weighted by Gasteiger charge is 2.33. The van der Waals surface area contributed by atoms with E-state index in [4.69, 9.17) is 0 Å². The van der Waals surface area contributed by atoms with Crippen molar-refractivity contribution in [2.24, 2.45) is 11.8 Å². The number of amides is 1. The molecule has 0 saturated carbocycles. The van der Waals surface area contributed by atoms with Gasteiger partial charge in [-0.25, -0.2) is 0 Å². The van der Waals surface area contributed by atoms with Crippen LogP contribution in [0.1, 0.15) is 12.0 Å². The Morgan fingerprint density at radius 1 is 1.24 bits per heavy atom. The molecule has 0 spiro atoms. The molecule has 2 heterocycles. The van der Waals surface area contributed by atoms with E-state index < -0.39 is 0 Å². The standard InChI is InChI=1S/C16H23N3O.ClH/c20-16(18-8-13-4-2-1-3-5-13)12-19-7-6-14-9-17-10-15(14)11-19;/h1-5,14-15,17H,6-12H2,(H,18,20);1H. The summed E-state index contributed by atoms with van der Waals surface area (Å²) in [5.41, 5.74) is 1.15. The molecule has 0 aromatic heterocycles. The molecule has 0 radical (unpaired) electrons. The van der Waals surface area contributed by atoms with Crippen molar-refractivity contribution in [3.05, 3.63) is 35.9 Å². The van der Waals surface area contributed by atoms with Gasteiger partial charge in [0, 0.05) is 13.1 Å². The van der Waals surface area contributed by atoms with Crippen molar-refractivity contribution in [2.45, 2.75) is 13.0 Å². The van der Waals surface area contributed by atoms with Gasteiger partial charge in [-0.05, 0) is 43.5 Å². The lowest BCUT2D eigenvalue weighted by atomic mass is 9.89. The summed E-state index contributed by atoms with van der Waals surface area (Å²) in [6.45, 7) is 5.57. The summed E-state index contributed by atoms with van der Waals surface area (Å²) in [6.07, 6.45) is 1.23. The maximum Gasteiger partial charge on any atom is 0.234 e. The number of fused-ring (bicyclic) bond motifs is 1. The maximum absolute atomic E-state index is 12.0. The van der Waals surface area contributed by atoms with Crippen LogP contribution >= 0.6 is 12.4 Å². The SMILES string of the molecule is Cl.O=C(CN1CCC2CNCC2C1)NCc1ccccc1. The smallest absolute Gasteiger partial charge is 0.234 e. The van der Waals surface area contributed by atoms with E-state index in [1.807, 2.05) is 30.3 Å². The number of halogens is 1. The molecule has 5 heteroatoms. The summed E-state index contributed by atoms with van der Waals surface area (Å²) >= 11 is 0. The van der Waals surface area contributed by atoms with Crippen LogP contribution in [0, 0.1) is 11.8 Å². The largest absolute Gasteiger partial charge is 0.351 e. The van der Waals surface area contributed by atoms with Crippen molar-refractivity contribution in [1.29, 1.82) is 0 Å². The van der Waals surface area contributed by atoms with Crippen molar-refractivity contribution in [1.82, 2.24) is 15.5 Å². The highest BCUT2D eigenvalue weighted by Crippen LogP contribution is 2.26. The van der Waals surface area contributed by atoms with Gasteiger partial charge in [0.2, 0.25) is 5.91 Å². The Hall–Kier alpha value is -1.10. The van der Waals surface area contributed by atoms with E-state index in [0.29, 0.717) is 13.1 Å². The molecule has 0 bridgehead atoms. The first kappa shape index (κ1) is 16.3. The molecule has 116 valence electrons. The zero-order valence-electron chi connectivity index (χ0n) is 12.3. The molecular formula is C16H24ClN3O. The minimum Gasteiger partial charge on any atom is -0.351 e. The molecule has 3 rings (SSSR count). The first-order valence-corrected chi connectivity index (χ1v) is 7.55. The summed E-state index contributed by atoms with van der Waals surface area (Å²) in [5, 5.41) is 6.47. The van der Waals surface area contributed by atoms with Crippen molar-refractivity contribution < 1.29 is 4.79 Å². The molecule has 1 amide bonds. The lowest BCUT2D eigenvalue weighted by Crippen LogP contribution is -2.45. The molecule has 2 fully saturated rings. The molecular weight excluding hydrogens is 286 g/mol. The van der Waals surface area contributed by atoms with Gasteiger partial charge < -0.3 is 10.6 Å². The second-order valence-electron chi connectivity index (χ2n) is 5.96. The van der Waals surface area contributed by atoms with Crippen LogP contribution in [-0.4, -0.2) is 43.5 Å². The second kappa shape index (κ2) is 7.78. The van der Waals surface area contributed by atoms with Crippen molar-refractivity contribution in [2.75, 3.05) is 32.7 Å². The fraction of sp³-hybridized carbons (Fsp3) is 0.562. The average Bonchev–Trinajstić information content (AvgIpc) is 2.94. The van der Waals surface area contributed by atoms with Crippen LogP contribution in [-0.2, 0) is 11.3 Å². The fourth-order valence-electron chi connectivity index (χ4n) is 3.31. The lowest BCUT2D eigenvalue weighted by Gasteiger charge is -2.33. The first-order chi connectivity index (χ1) is 9.81. The van der Waals surface area contributed by atoms with Gasteiger partial charge >= 0.3 is 0 Å². The minimum atomic E-state index is 0. The van der Waals surface area contributed by atoms with E-state index in [2.05, 4.69) is 15.5 Å². The van der Waals surface area contributed by atoms with Gasteiger partial charge in [0.25, 0.3) is 0 Å². The summed E-state index contributed by atoms with van der Waals surface area (Å²) in [6, 6.07) is 10.1. The van der Waals surface area contributed by atoms with Crippen LogP contribution in [0.25, 0.3) is 0 Å². The predicted molar refractivity (Wildman–Crippen MR) is 86.4 cm³/mol. The number of carbonyl (C=O) groups is 1. The van der Waals surface area contributed by atoms with Crippen molar-refractivity contribution in [3.63, 3.8) is 0 Å². The van der Waals surface area contributed by atoms with Gasteiger partial charge in [-0.15, -0.1) is 12.4 Å². The molecule has 4 nitrogen and oxygen atoms in total. The Kier molecular flexibility index (Phi) is 6.03. The third kappa shape index (κ3) is 4.43. The number of nitrogens with one attached hydrogen (secondary N) is 2. The highest BCUT2D eigenvalue weighted by molar-refractivity contribution is 5.85. The van der Waals surface area contributed by atoms with Crippen LogP contribution in [0.2, 0.25) is 0 Å². The van der Waals surface area contributed by atoms with Crippen LogP contribution in [0.4, 0.5) is 0 Å². The Morgan fingerprint density at radius 2 is 2.00 bits per heavy atom. The Balaban J connectivity index is 0.00000161. The van der Waals surface area contributed by atoms with E-state index >= 15 is 0 Å². The number of piperidine rings is 1. The number of likely N-dealkylation sites (tertiary alicyclic amines) is 1. The van der Waals surface area contributed by atoms with Crippen LogP contribution in [0.5, 0.6) is 0 Å². The molecule has 1 aromatic carbocycles. The van der Waals surface area contributed by atoms with E-state index in [1.54, 1.807) is 0 Å². The van der Waals surface area contributed by atoms with E-state index in [-0.39, 0.29) is 18.3 Å². The lowest BCUT2D eigenvalue weighted by molar-refractivity contribution is -0.122. The van der Waals surface area contributed by atoms with Gasteiger partial charge in [-0.1, -0.05) is 30.3 Å². The zero-order chi connectivity index (χ0) is 13.8. The van der Waals surface area contributed by atoms with E-state index in [0.717, 1.165) is 37.0 Å². The van der Waals surface area contributed by atoms with Crippen LogP contribution < -0.4 is 10.6 Å². The highest BCUT2D eigenvalue weighted by atomic mass is 35.5. The Labute approximate surface area is 132 Å². The molecule has 0 aliphatic carbocycles. The number of benzene rings is 1. The Morgan fingerprint density at radius 3 is 2.81 bits per heavy atom. The van der Waals surface area contributed by atoms with Gasteiger partial charge in [0.15, 0.2) is 0 Å². The van der Waals surface area contributed by atoms with Gasteiger partial charge in [0.1, 0.15) is 0 Å². The number of hydrogen-bond acceptors (Lipinski definition) is 3. The van der Waals surface area contributed by atoms with Crippen LogP contribution in [0.15, 0.2) is 30.3 Å². The number of hydrogen-bond donors (Lipinski definition) is 2. The predicted octanol–water partition coefficient (Wildman–Crippen LogP) is 1.27. The molecule has 2 saturated heterocycles. The normalized spacial score (nSPS) is 25.0. The third-order valence-corrected chi connectivity index (χ3v) is 4.49. The van der Waals surface area contributed by atoms with E-state index in [9.17, 15) is 4.79 Å². The van der Waals surface area contributed by atoms with Gasteiger partial charge in [-0.2, -0.15) is 0 Å². The number of rotatable bonds is 4.